The van der Waals surface area contributed by atoms with E-state index in [4.69, 9.17) is 11.6 Å². The van der Waals surface area contributed by atoms with Crippen molar-refractivity contribution in [2.75, 3.05) is 5.32 Å². The van der Waals surface area contributed by atoms with Gasteiger partial charge in [0.1, 0.15) is 5.82 Å². The maximum atomic E-state index is 13.5. The largest absolute Gasteiger partial charge is 0.310 e. The molecule has 1 aliphatic heterocycles. The second-order valence-electron chi connectivity index (χ2n) is 7.92. The molecule has 1 amide bonds. The van der Waals surface area contributed by atoms with Gasteiger partial charge in [-0.05, 0) is 48.4 Å². The Kier molecular flexibility index (Phi) is 4.63. The van der Waals surface area contributed by atoms with E-state index in [2.05, 4.69) is 10.4 Å². The maximum absolute atomic E-state index is 13.5. The second kappa shape index (κ2) is 7.36. The van der Waals surface area contributed by atoms with Crippen LogP contribution in [0.25, 0.3) is 16.5 Å². The third-order valence-corrected chi connectivity index (χ3v) is 6.26. The molecule has 31 heavy (non-hydrogen) atoms. The second-order valence-corrected chi connectivity index (χ2v) is 8.33. The average Bonchev–Trinajstić information content (AvgIpc) is 3.10. The van der Waals surface area contributed by atoms with Crippen LogP contribution in [0.5, 0.6) is 0 Å². The Morgan fingerprint density at radius 1 is 1.06 bits per heavy atom. The number of Topliss-reactive ketones (excluding diaryl/α,β-unsaturated/α-hetero) is 1. The van der Waals surface area contributed by atoms with Gasteiger partial charge in [-0.25, -0.2) is 4.68 Å². The van der Waals surface area contributed by atoms with Gasteiger partial charge in [-0.3, -0.25) is 9.59 Å². The Hall–Kier alpha value is -3.44. The number of aromatic nitrogens is 2. The van der Waals surface area contributed by atoms with E-state index >= 15 is 0 Å². The van der Waals surface area contributed by atoms with Crippen LogP contribution >= 0.6 is 11.6 Å². The van der Waals surface area contributed by atoms with Crippen LogP contribution < -0.4 is 5.32 Å². The minimum absolute atomic E-state index is 0.0774. The highest BCUT2D eigenvalue weighted by atomic mass is 35.5. The van der Waals surface area contributed by atoms with Crippen molar-refractivity contribution in [1.29, 1.82) is 0 Å². The summed E-state index contributed by atoms with van der Waals surface area (Å²) in [5.74, 6) is -0.329. The summed E-state index contributed by atoms with van der Waals surface area (Å²) >= 11 is 6.31. The van der Waals surface area contributed by atoms with Crippen molar-refractivity contribution in [3.8, 4) is 5.69 Å². The van der Waals surface area contributed by atoms with Gasteiger partial charge in [-0.15, -0.1) is 0 Å². The summed E-state index contributed by atoms with van der Waals surface area (Å²) in [5.41, 5.74) is 3.76. The summed E-state index contributed by atoms with van der Waals surface area (Å²) in [7, 11) is 0. The number of hydrogen-bond donors (Lipinski definition) is 1. The number of nitrogens with zero attached hydrogens (tertiary/aromatic N) is 2. The zero-order chi connectivity index (χ0) is 21.7. The number of carbonyl (C=O) groups excluding carboxylic acids is 2. The van der Waals surface area contributed by atoms with Crippen LogP contribution in [-0.2, 0) is 4.79 Å². The molecule has 4 aromatic rings. The highest BCUT2D eigenvalue weighted by molar-refractivity contribution is 6.31. The highest BCUT2D eigenvalue weighted by Crippen LogP contribution is 2.39. The van der Waals surface area contributed by atoms with E-state index in [1.807, 2.05) is 74.5 Å². The number of benzene rings is 3. The Morgan fingerprint density at radius 3 is 2.61 bits per heavy atom. The molecule has 1 unspecified atom stereocenters. The molecule has 0 fully saturated rings. The maximum Gasteiger partial charge on any atom is 0.226 e. The van der Waals surface area contributed by atoms with E-state index < -0.39 is 5.92 Å². The normalized spacial score (nSPS) is 15.6. The molecule has 0 radical (unpaired) electrons. The third kappa shape index (κ3) is 3.31. The van der Waals surface area contributed by atoms with Crippen LogP contribution in [0.3, 0.4) is 0 Å². The number of carbonyl (C=O) groups is 2. The van der Waals surface area contributed by atoms with E-state index in [1.54, 1.807) is 4.68 Å². The molecular formula is C25H20ClN3O2. The van der Waals surface area contributed by atoms with Crippen molar-refractivity contribution in [2.45, 2.75) is 26.2 Å². The summed E-state index contributed by atoms with van der Waals surface area (Å²) in [6.45, 7) is 3.79. The van der Waals surface area contributed by atoms with E-state index in [-0.39, 0.29) is 18.1 Å². The highest BCUT2D eigenvalue weighted by Gasteiger charge is 2.36. The molecule has 0 aliphatic carbocycles. The fourth-order valence-electron chi connectivity index (χ4n) is 4.22. The SMILES string of the molecule is Cc1ccc(-n2nc(C)c3c2NC(=O)CC3C(=O)c2ccc3ccccc3c2)cc1Cl. The van der Waals surface area contributed by atoms with Gasteiger partial charge < -0.3 is 5.32 Å². The fraction of sp³-hybridized carbons (Fsp3) is 0.160. The van der Waals surface area contributed by atoms with Gasteiger partial charge in [-0.1, -0.05) is 54.1 Å². The zero-order valence-corrected chi connectivity index (χ0v) is 17.9. The van der Waals surface area contributed by atoms with Crippen molar-refractivity contribution in [3.63, 3.8) is 0 Å². The van der Waals surface area contributed by atoms with E-state index in [1.165, 1.54) is 0 Å². The quantitative estimate of drug-likeness (QED) is 0.431. The third-order valence-electron chi connectivity index (χ3n) is 5.85. The van der Waals surface area contributed by atoms with Gasteiger partial charge in [-0.2, -0.15) is 5.10 Å². The molecule has 0 saturated carbocycles. The van der Waals surface area contributed by atoms with Crippen LogP contribution in [0.1, 0.15) is 39.5 Å². The zero-order valence-electron chi connectivity index (χ0n) is 17.1. The Morgan fingerprint density at radius 2 is 1.84 bits per heavy atom. The number of halogens is 1. The lowest BCUT2D eigenvalue weighted by molar-refractivity contribution is -0.116. The molecule has 2 heterocycles. The van der Waals surface area contributed by atoms with E-state index in [0.717, 1.165) is 27.6 Å². The Labute approximate surface area is 184 Å². The summed E-state index contributed by atoms with van der Waals surface area (Å²) in [6.07, 6.45) is 0.0971. The van der Waals surface area contributed by atoms with Crippen molar-refractivity contribution in [3.05, 3.63) is 88.1 Å². The molecule has 0 saturated heterocycles. The fourth-order valence-corrected chi connectivity index (χ4v) is 4.39. The monoisotopic (exact) mass is 429 g/mol. The first-order chi connectivity index (χ1) is 14.9. The molecule has 5 rings (SSSR count). The molecule has 154 valence electrons. The molecule has 0 bridgehead atoms. The van der Waals surface area contributed by atoms with Gasteiger partial charge in [0, 0.05) is 22.6 Å². The Balaban J connectivity index is 1.60. The first-order valence-corrected chi connectivity index (χ1v) is 10.5. The standard InChI is InChI=1S/C25H20ClN3O2/c1-14-7-10-19(12-21(14)26)29-25-23(15(2)28-29)20(13-22(30)27-25)24(31)18-9-8-16-5-3-4-6-17(16)11-18/h3-12,20H,13H2,1-2H3,(H,27,30). The summed E-state index contributed by atoms with van der Waals surface area (Å²) in [6, 6.07) is 19.2. The van der Waals surface area contributed by atoms with Gasteiger partial charge in [0.15, 0.2) is 5.78 Å². The lowest BCUT2D eigenvalue weighted by atomic mass is 9.85. The molecular weight excluding hydrogens is 410 g/mol. The first kappa shape index (κ1) is 19.5. The Bertz CT molecular complexity index is 1370. The average molecular weight is 430 g/mol. The number of anilines is 1. The molecule has 1 aliphatic rings. The molecule has 3 aromatic carbocycles. The van der Waals surface area contributed by atoms with Crippen LogP contribution in [0.15, 0.2) is 60.7 Å². The molecule has 6 heteroatoms. The number of hydrogen-bond acceptors (Lipinski definition) is 3. The number of fused-ring (bicyclic) bond motifs is 2. The number of rotatable bonds is 3. The van der Waals surface area contributed by atoms with Gasteiger partial charge in [0.05, 0.1) is 17.3 Å². The molecule has 1 aromatic heterocycles. The van der Waals surface area contributed by atoms with Crippen molar-refractivity contribution in [1.82, 2.24) is 9.78 Å². The summed E-state index contributed by atoms with van der Waals surface area (Å²) in [4.78, 5) is 26.1. The summed E-state index contributed by atoms with van der Waals surface area (Å²) < 4.78 is 1.66. The number of nitrogens with one attached hydrogen (secondary N) is 1. The minimum Gasteiger partial charge on any atom is -0.310 e. The molecule has 1 atom stereocenters. The smallest absolute Gasteiger partial charge is 0.226 e. The van der Waals surface area contributed by atoms with E-state index in [9.17, 15) is 9.59 Å². The van der Waals surface area contributed by atoms with Gasteiger partial charge in [0.2, 0.25) is 5.91 Å². The lowest BCUT2D eigenvalue weighted by Crippen LogP contribution is -2.28. The van der Waals surface area contributed by atoms with E-state index in [0.29, 0.717) is 22.1 Å². The van der Waals surface area contributed by atoms with Crippen molar-refractivity contribution in [2.24, 2.45) is 0 Å². The van der Waals surface area contributed by atoms with Crippen molar-refractivity contribution >= 4 is 39.9 Å². The molecule has 5 nitrogen and oxygen atoms in total. The van der Waals surface area contributed by atoms with Crippen LogP contribution in [0.4, 0.5) is 5.82 Å². The molecule has 1 N–H and O–H groups in total. The summed E-state index contributed by atoms with van der Waals surface area (Å²) in [5, 5.41) is 10.2. The molecule has 0 spiro atoms. The van der Waals surface area contributed by atoms with Gasteiger partial charge >= 0.3 is 0 Å². The lowest BCUT2D eigenvalue weighted by Gasteiger charge is -2.23. The van der Waals surface area contributed by atoms with Crippen LogP contribution in [-0.4, -0.2) is 21.5 Å². The predicted molar refractivity (Wildman–Crippen MR) is 122 cm³/mol. The van der Waals surface area contributed by atoms with Crippen molar-refractivity contribution < 1.29 is 9.59 Å². The number of ketones is 1. The van der Waals surface area contributed by atoms with Crippen LogP contribution in [0.2, 0.25) is 5.02 Å². The minimum atomic E-state index is -0.584. The topological polar surface area (TPSA) is 64.0 Å². The number of aryl methyl sites for hydroxylation is 2. The first-order valence-electron chi connectivity index (χ1n) is 10.1. The van der Waals surface area contributed by atoms with Crippen LogP contribution in [0, 0.1) is 13.8 Å². The number of amides is 1. The predicted octanol–water partition coefficient (Wildman–Crippen LogP) is 5.60. The van der Waals surface area contributed by atoms with Gasteiger partial charge in [0.25, 0.3) is 0 Å².